The highest BCUT2D eigenvalue weighted by Crippen LogP contribution is 2.20. The Hall–Kier alpha value is -2.75. The van der Waals surface area contributed by atoms with E-state index < -0.39 is 0 Å². The van der Waals surface area contributed by atoms with Gasteiger partial charge in [-0.1, -0.05) is 17.7 Å². The summed E-state index contributed by atoms with van der Waals surface area (Å²) >= 11 is 0. The fraction of sp³-hybridized carbons (Fsp3) is 0.167. The van der Waals surface area contributed by atoms with Gasteiger partial charge in [0.2, 0.25) is 0 Å². The number of fused-ring (bicyclic) bond motifs is 1. The molecule has 22 heavy (non-hydrogen) atoms. The monoisotopic (exact) mass is 292 g/mol. The minimum Gasteiger partial charge on any atom is -0.423 e. The van der Waals surface area contributed by atoms with E-state index in [4.69, 9.17) is 4.74 Å². The average Bonchev–Trinajstić information content (AvgIpc) is 2.49. The summed E-state index contributed by atoms with van der Waals surface area (Å²) in [4.78, 5) is 21.1. The Morgan fingerprint density at radius 1 is 0.864 bits per heavy atom. The molecule has 0 saturated heterocycles. The highest BCUT2D eigenvalue weighted by Gasteiger charge is 2.10. The van der Waals surface area contributed by atoms with Crippen molar-refractivity contribution < 1.29 is 9.53 Å². The Bertz CT molecular complexity index is 855. The van der Waals surface area contributed by atoms with Gasteiger partial charge in [-0.3, -0.25) is 0 Å². The minimum atomic E-state index is -0.379. The van der Waals surface area contributed by atoms with Gasteiger partial charge in [0.15, 0.2) is 0 Å². The van der Waals surface area contributed by atoms with Crippen molar-refractivity contribution >= 4 is 17.0 Å². The van der Waals surface area contributed by atoms with Gasteiger partial charge in [0, 0.05) is 6.07 Å². The fourth-order valence-electron chi connectivity index (χ4n) is 2.13. The molecule has 0 radical (unpaired) electrons. The topological polar surface area (TPSA) is 52.1 Å². The molecule has 110 valence electrons. The third kappa shape index (κ3) is 2.81. The van der Waals surface area contributed by atoms with Crippen LogP contribution in [0.15, 0.2) is 42.5 Å². The summed E-state index contributed by atoms with van der Waals surface area (Å²) in [5.41, 5.74) is 4.90. The van der Waals surface area contributed by atoms with Crippen molar-refractivity contribution in [2.75, 3.05) is 0 Å². The van der Waals surface area contributed by atoms with Crippen LogP contribution in [-0.2, 0) is 0 Å². The van der Waals surface area contributed by atoms with Crippen LogP contribution in [0.25, 0.3) is 11.0 Å². The number of nitrogens with zero attached hydrogens (tertiary/aromatic N) is 2. The number of carbonyl (C=O) groups is 1. The Labute approximate surface area is 128 Å². The maximum Gasteiger partial charge on any atom is 0.343 e. The lowest BCUT2D eigenvalue weighted by molar-refractivity contribution is 0.0735. The molecule has 1 aromatic heterocycles. The summed E-state index contributed by atoms with van der Waals surface area (Å²) in [6, 6.07) is 12.6. The van der Waals surface area contributed by atoms with Gasteiger partial charge in [-0.15, -0.1) is 0 Å². The first-order chi connectivity index (χ1) is 10.5. The Balaban J connectivity index is 1.89. The van der Waals surface area contributed by atoms with Crippen molar-refractivity contribution in [3.8, 4) is 5.75 Å². The predicted molar refractivity (Wildman–Crippen MR) is 85.1 cm³/mol. The third-order valence-corrected chi connectivity index (χ3v) is 3.54. The number of carbonyl (C=O) groups excluding carboxylic acids is 1. The Kier molecular flexibility index (Phi) is 3.59. The van der Waals surface area contributed by atoms with E-state index >= 15 is 0 Å². The first kappa shape index (κ1) is 14.2. The maximum absolute atomic E-state index is 12.1. The first-order valence-corrected chi connectivity index (χ1v) is 7.07. The summed E-state index contributed by atoms with van der Waals surface area (Å²) in [5.74, 6) is 0.0896. The molecule has 0 N–H and O–H groups in total. The molecule has 4 heteroatoms. The van der Waals surface area contributed by atoms with Gasteiger partial charge in [-0.25, -0.2) is 14.8 Å². The lowest BCUT2D eigenvalue weighted by Gasteiger charge is -2.07. The number of ether oxygens (including phenoxy) is 1. The molecule has 2 aromatic carbocycles. The minimum absolute atomic E-state index is 0.379. The van der Waals surface area contributed by atoms with E-state index in [1.807, 2.05) is 39.0 Å². The van der Waals surface area contributed by atoms with Crippen LogP contribution < -0.4 is 4.74 Å². The normalized spacial score (nSPS) is 10.7. The number of aromatic nitrogens is 2. The summed E-state index contributed by atoms with van der Waals surface area (Å²) in [6.45, 7) is 5.81. The van der Waals surface area contributed by atoms with Gasteiger partial charge < -0.3 is 4.74 Å². The third-order valence-electron chi connectivity index (χ3n) is 3.54. The molecule has 3 rings (SSSR count). The van der Waals surface area contributed by atoms with Crippen molar-refractivity contribution in [1.82, 2.24) is 9.97 Å². The quantitative estimate of drug-likeness (QED) is 0.533. The molecule has 0 spiro atoms. The molecule has 0 aliphatic rings. The molecule has 1 heterocycles. The van der Waals surface area contributed by atoms with E-state index in [1.165, 1.54) is 0 Å². The zero-order valence-electron chi connectivity index (χ0n) is 12.8. The fourth-order valence-corrected chi connectivity index (χ4v) is 2.13. The molecule has 3 aromatic rings. The summed E-state index contributed by atoms with van der Waals surface area (Å²) in [7, 11) is 0. The van der Waals surface area contributed by atoms with Crippen molar-refractivity contribution in [3.05, 3.63) is 65.0 Å². The zero-order chi connectivity index (χ0) is 15.7. The lowest BCUT2D eigenvalue weighted by Crippen LogP contribution is -2.08. The number of aryl methyl sites for hydroxylation is 3. The summed E-state index contributed by atoms with van der Waals surface area (Å²) in [6.07, 6.45) is 0. The Morgan fingerprint density at radius 3 is 2.18 bits per heavy atom. The average molecular weight is 292 g/mol. The van der Waals surface area contributed by atoms with Crippen molar-refractivity contribution in [2.24, 2.45) is 0 Å². The first-order valence-electron chi connectivity index (χ1n) is 7.07. The molecule has 4 nitrogen and oxygen atoms in total. The zero-order valence-corrected chi connectivity index (χ0v) is 12.8. The van der Waals surface area contributed by atoms with Crippen LogP contribution in [-0.4, -0.2) is 15.9 Å². The second kappa shape index (κ2) is 5.56. The standard InChI is InChI=1S/C18H16N2O2/c1-11-4-6-14(7-5-11)18(21)22-15-8-9-16-17(10-15)20-13(3)12(2)19-16/h4-10H,1-3H3. The number of hydrogen-bond donors (Lipinski definition) is 0. The van der Waals surface area contributed by atoms with E-state index in [2.05, 4.69) is 9.97 Å². The van der Waals surface area contributed by atoms with E-state index in [1.54, 1.807) is 24.3 Å². The van der Waals surface area contributed by atoms with Crippen LogP contribution in [0.2, 0.25) is 0 Å². The lowest BCUT2D eigenvalue weighted by atomic mass is 10.1. The molecule has 0 saturated carbocycles. The van der Waals surface area contributed by atoms with Crippen LogP contribution >= 0.6 is 0 Å². The van der Waals surface area contributed by atoms with Crippen LogP contribution in [0.4, 0.5) is 0 Å². The van der Waals surface area contributed by atoms with Crippen molar-refractivity contribution in [2.45, 2.75) is 20.8 Å². The van der Waals surface area contributed by atoms with Gasteiger partial charge in [-0.2, -0.15) is 0 Å². The SMILES string of the molecule is Cc1ccc(C(=O)Oc2ccc3nc(C)c(C)nc3c2)cc1. The summed E-state index contributed by atoms with van der Waals surface area (Å²) < 4.78 is 5.41. The van der Waals surface area contributed by atoms with E-state index in [9.17, 15) is 4.79 Å². The summed E-state index contributed by atoms with van der Waals surface area (Å²) in [5, 5.41) is 0. The molecular formula is C18H16N2O2. The van der Waals surface area contributed by atoms with Crippen molar-refractivity contribution in [1.29, 1.82) is 0 Å². The van der Waals surface area contributed by atoms with Gasteiger partial charge in [-0.05, 0) is 45.0 Å². The predicted octanol–water partition coefficient (Wildman–Crippen LogP) is 3.77. The highest BCUT2D eigenvalue weighted by atomic mass is 16.5. The highest BCUT2D eigenvalue weighted by molar-refractivity contribution is 5.91. The molecule has 0 fully saturated rings. The van der Waals surface area contributed by atoms with E-state index in [0.29, 0.717) is 11.3 Å². The molecule has 0 unspecified atom stereocenters. The smallest absolute Gasteiger partial charge is 0.343 e. The van der Waals surface area contributed by atoms with Gasteiger partial charge in [0.1, 0.15) is 5.75 Å². The van der Waals surface area contributed by atoms with E-state index in [-0.39, 0.29) is 5.97 Å². The maximum atomic E-state index is 12.1. The van der Waals surface area contributed by atoms with Crippen LogP contribution in [0.3, 0.4) is 0 Å². The van der Waals surface area contributed by atoms with E-state index in [0.717, 1.165) is 28.0 Å². The van der Waals surface area contributed by atoms with Crippen LogP contribution in [0.5, 0.6) is 5.75 Å². The molecule has 0 amide bonds. The molecule has 0 atom stereocenters. The molecular weight excluding hydrogens is 276 g/mol. The number of rotatable bonds is 2. The van der Waals surface area contributed by atoms with Gasteiger partial charge >= 0.3 is 5.97 Å². The van der Waals surface area contributed by atoms with Crippen molar-refractivity contribution in [3.63, 3.8) is 0 Å². The number of benzene rings is 2. The largest absolute Gasteiger partial charge is 0.423 e. The number of esters is 1. The molecule has 0 aliphatic carbocycles. The van der Waals surface area contributed by atoms with Crippen LogP contribution in [0.1, 0.15) is 27.3 Å². The van der Waals surface area contributed by atoms with Crippen LogP contribution in [0, 0.1) is 20.8 Å². The van der Waals surface area contributed by atoms with Gasteiger partial charge in [0.25, 0.3) is 0 Å². The molecule has 0 bridgehead atoms. The van der Waals surface area contributed by atoms with Gasteiger partial charge in [0.05, 0.1) is 28.0 Å². The Morgan fingerprint density at radius 2 is 1.50 bits per heavy atom. The molecule has 0 aliphatic heterocycles. The number of hydrogen-bond acceptors (Lipinski definition) is 4. The second-order valence-electron chi connectivity index (χ2n) is 5.30. The second-order valence-corrected chi connectivity index (χ2v) is 5.30.